The molecule has 0 spiro atoms. The van der Waals surface area contributed by atoms with Crippen molar-refractivity contribution in [2.45, 2.75) is 51.5 Å². The van der Waals surface area contributed by atoms with E-state index in [2.05, 4.69) is 33.4 Å². The van der Waals surface area contributed by atoms with Crippen LogP contribution in [0.3, 0.4) is 0 Å². The summed E-state index contributed by atoms with van der Waals surface area (Å²) in [5.74, 6) is 3.23. The van der Waals surface area contributed by atoms with Crippen LogP contribution < -0.4 is 20.4 Å². The van der Waals surface area contributed by atoms with E-state index < -0.39 is 0 Å². The Labute approximate surface area is 173 Å². The summed E-state index contributed by atoms with van der Waals surface area (Å²) in [5.41, 5.74) is 0. The maximum absolute atomic E-state index is 5.54. The van der Waals surface area contributed by atoms with Gasteiger partial charge in [-0.05, 0) is 43.8 Å². The zero-order valence-electron chi connectivity index (χ0n) is 16.8. The lowest BCUT2D eigenvalue weighted by Crippen LogP contribution is -2.39. The Kier molecular flexibility index (Phi) is 6.47. The Hall–Kier alpha value is -1.67. The van der Waals surface area contributed by atoms with Crippen LogP contribution in [-0.4, -0.2) is 60.5 Å². The molecule has 4 rings (SSSR count). The quantitative estimate of drug-likeness (QED) is 0.743. The molecule has 3 fully saturated rings. The lowest BCUT2D eigenvalue weighted by Gasteiger charge is -2.33. The van der Waals surface area contributed by atoms with Gasteiger partial charge >= 0.3 is 0 Å². The van der Waals surface area contributed by atoms with E-state index in [0.29, 0.717) is 23.0 Å². The van der Waals surface area contributed by atoms with Crippen LogP contribution >= 0.6 is 12.2 Å². The number of rotatable bonds is 4. The van der Waals surface area contributed by atoms with Crippen molar-refractivity contribution in [3.8, 4) is 0 Å². The molecule has 1 aliphatic carbocycles. The molecule has 28 heavy (non-hydrogen) atoms. The topological polar surface area (TPSA) is 65.6 Å². The molecule has 0 aromatic carbocycles. The lowest BCUT2D eigenvalue weighted by atomic mass is 10.0. The number of anilines is 3. The monoisotopic (exact) mass is 404 g/mol. The summed E-state index contributed by atoms with van der Waals surface area (Å²) in [5, 5.41) is 7.31. The zero-order chi connectivity index (χ0) is 19.3. The number of piperidine rings is 1. The minimum absolute atomic E-state index is 0.477. The standard InChI is InChI=1S/C20H32N6OS/c1-15-5-4-8-26(14-15)18-13-17(25-9-11-27-12-10-25)22-19(23-18)24-20(28)21-16-6-2-3-7-16/h13,15-16H,2-12,14H2,1H3,(H2,21,22,23,24,28)/t15-/m1/s1. The maximum atomic E-state index is 5.54. The smallest absolute Gasteiger partial charge is 0.232 e. The predicted octanol–water partition coefficient (Wildman–Crippen LogP) is 2.78. The van der Waals surface area contributed by atoms with Gasteiger partial charge in [-0.3, -0.25) is 0 Å². The molecule has 2 N–H and O–H groups in total. The molecule has 1 atom stereocenters. The highest BCUT2D eigenvalue weighted by Gasteiger charge is 2.22. The molecule has 1 saturated carbocycles. The Morgan fingerprint density at radius 1 is 1.04 bits per heavy atom. The summed E-state index contributed by atoms with van der Waals surface area (Å²) in [4.78, 5) is 14.3. The molecule has 0 bridgehead atoms. The van der Waals surface area contributed by atoms with Gasteiger partial charge in [-0.25, -0.2) is 0 Å². The van der Waals surface area contributed by atoms with Crippen molar-refractivity contribution in [2.75, 3.05) is 54.5 Å². The molecule has 8 heteroatoms. The van der Waals surface area contributed by atoms with E-state index in [9.17, 15) is 0 Å². The van der Waals surface area contributed by atoms with Crippen LogP contribution in [0.15, 0.2) is 6.07 Å². The highest BCUT2D eigenvalue weighted by molar-refractivity contribution is 7.80. The summed E-state index contributed by atoms with van der Waals surface area (Å²) in [7, 11) is 0. The SMILES string of the molecule is C[C@@H]1CCCN(c2cc(N3CCOCC3)nc(NC(=S)NC3CCCC3)n2)C1. The van der Waals surface area contributed by atoms with Crippen molar-refractivity contribution in [2.24, 2.45) is 5.92 Å². The third-order valence-electron chi connectivity index (χ3n) is 5.93. The number of nitrogens with zero attached hydrogens (tertiary/aromatic N) is 4. The minimum atomic E-state index is 0.477. The van der Waals surface area contributed by atoms with Crippen LogP contribution in [0.2, 0.25) is 0 Å². The first-order valence-corrected chi connectivity index (χ1v) is 11.1. The number of aromatic nitrogens is 2. The Bertz CT molecular complexity index is 675. The predicted molar refractivity (Wildman–Crippen MR) is 117 cm³/mol. The minimum Gasteiger partial charge on any atom is -0.378 e. The Morgan fingerprint density at radius 3 is 2.46 bits per heavy atom. The molecule has 0 radical (unpaired) electrons. The largest absolute Gasteiger partial charge is 0.378 e. The molecule has 1 aromatic rings. The number of ether oxygens (including phenoxy) is 1. The van der Waals surface area contributed by atoms with Crippen molar-refractivity contribution < 1.29 is 4.74 Å². The van der Waals surface area contributed by atoms with Gasteiger partial charge in [-0.1, -0.05) is 19.8 Å². The first-order valence-electron chi connectivity index (χ1n) is 10.7. The lowest BCUT2D eigenvalue weighted by molar-refractivity contribution is 0.122. The van der Waals surface area contributed by atoms with E-state index in [-0.39, 0.29) is 0 Å². The third-order valence-corrected chi connectivity index (χ3v) is 6.15. The van der Waals surface area contributed by atoms with E-state index in [1.807, 2.05) is 0 Å². The molecule has 2 saturated heterocycles. The molecular formula is C20H32N6OS. The highest BCUT2D eigenvalue weighted by atomic mass is 32.1. The second kappa shape index (κ2) is 9.22. The van der Waals surface area contributed by atoms with Crippen LogP contribution in [0, 0.1) is 5.92 Å². The molecular weight excluding hydrogens is 372 g/mol. The maximum Gasteiger partial charge on any atom is 0.232 e. The first kappa shape index (κ1) is 19.6. The first-order chi connectivity index (χ1) is 13.7. The summed E-state index contributed by atoms with van der Waals surface area (Å²) < 4.78 is 5.51. The zero-order valence-corrected chi connectivity index (χ0v) is 17.6. The fourth-order valence-corrected chi connectivity index (χ4v) is 4.64. The number of morpholine rings is 1. The average molecular weight is 405 g/mol. The van der Waals surface area contributed by atoms with Crippen LogP contribution in [0.25, 0.3) is 0 Å². The molecule has 0 unspecified atom stereocenters. The average Bonchev–Trinajstić information content (AvgIpc) is 3.21. The van der Waals surface area contributed by atoms with Crippen LogP contribution in [0.4, 0.5) is 17.6 Å². The van der Waals surface area contributed by atoms with Crippen LogP contribution in [0.1, 0.15) is 45.4 Å². The fourth-order valence-electron chi connectivity index (χ4n) is 4.39. The summed E-state index contributed by atoms with van der Waals surface area (Å²) >= 11 is 5.54. The molecule has 3 aliphatic rings. The summed E-state index contributed by atoms with van der Waals surface area (Å²) in [6.45, 7) is 7.61. The van der Waals surface area contributed by atoms with Crippen molar-refractivity contribution in [3.63, 3.8) is 0 Å². The molecule has 2 aliphatic heterocycles. The Morgan fingerprint density at radius 2 is 1.75 bits per heavy atom. The molecule has 0 amide bonds. The van der Waals surface area contributed by atoms with E-state index in [4.69, 9.17) is 26.9 Å². The molecule has 154 valence electrons. The van der Waals surface area contributed by atoms with Gasteiger partial charge < -0.3 is 25.2 Å². The number of thiocarbonyl (C=S) groups is 1. The van der Waals surface area contributed by atoms with Gasteiger partial charge in [0.1, 0.15) is 11.6 Å². The number of nitrogens with one attached hydrogen (secondary N) is 2. The Balaban J connectivity index is 1.53. The number of hydrogen-bond acceptors (Lipinski definition) is 6. The van der Waals surface area contributed by atoms with Crippen molar-refractivity contribution in [1.29, 1.82) is 0 Å². The van der Waals surface area contributed by atoms with Crippen LogP contribution in [-0.2, 0) is 4.74 Å². The van der Waals surface area contributed by atoms with E-state index in [1.54, 1.807) is 0 Å². The molecule has 3 heterocycles. The van der Waals surface area contributed by atoms with E-state index in [1.165, 1.54) is 38.5 Å². The van der Waals surface area contributed by atoms with Gasteiger partial charge in [-0.15, -0.1) is 0 Å². The van der Waals surface area contributed by atoms with Gasteiger partial charge in [0.05, 0.1) is 13.2 Å². The fraction of sp³-hybridized carbons (Fsp3) is 0.750. The van der Waals surface area contributed by atoms with Gasteiger partial charge in [0.15, 0.2) is 5.11 Å². The van der Waals surface area contributed by atoms with E-state index in [0.717, 1.165) is 51.0 Å². The third kappa shape index (κ3) is 5.03. The van der Waals surface area contributed by atoms with Crippen molar-refractivity contribution in [1.82, 2.24) is 15.3 Å². The summed E-state index contributed by atoms with van der Waals surface area (Å²) in [6.07, 6.45) is 7.43. The normalized spacial score (nSPS) is 23.7. The van der Waals surface area contributed by atoms with E-state index >= 15 is 0 Å². The van der Waals surface area contributed by atoms with Crippen molar-refractivity contribution in [3.05, 3.63) is 6.07 Å². The van der Waals surface area contributed by atoms with Gasteiger partial charge in [0, 0.05) is 38.3 Å². The van der Waals surface area contributed by atoms with Gasteiger partial charge in [0.2, 0.25) is 5.95 Å². The summed E-state index contributed by atoms with van der Waals surface area (Å²) in [6, 6.07) is 2.60. The highest BCUT2D eigenvalue weighted by Crippen LogP contribution is 2.26. The molecule has 7 nitrogen and oxygen atoms in total. The van der Waals surface area contributed by atoms with Gasteiger partial charge in [-0.2, -0.15) is 9.97 Å². The van der Waals surface area contributed by atoms with Gasteiger partial charge in [0.25, 0.3) is 0 Å². The second-order valence-corrected chi connectivity index (χ2v) is 8.69. The number of hydrogen-bond donors (Lipinski definition) is 2. The van der Waals surface area contributed by atoms with Crippen LogP contribution in [0.5, 0.6) is 0 Å². The second-order valence-electron chi connectivity index (χ2n) is 8.28. The molecule has 1 aromatic heterocycles. The van der Waals surface area contributed by atoms with Crippen molar-refractivity contribution >= 4 is 34.9 Å².